The number of rotatable bonds is 1. The Morgan fingerprint density at radius 1 is 1.55 bits per heavy atom. The van der Waals surface area contributed by atoms with Crippen molar-refractivity contribution in [3.63, 3.8) is 0 Å². The Hall–Kier alpha value is -0.890. The number of ether oxygens (including phenoxy) is 1. The molecule has 0 saturated carbocycles. The molecule has 0 aromatic rings. The molecule has 3 atom stereocenters. The molecule has 0 saturated heterocycles. The van der Waals surface area contributed by atoms with Gasteiger partial charge in [-0.15, -0.1) is 0 Å². The third-order valence-corrected chi connectivity index (χ3v) is 1.49. The van der Waals surface area contributed by atoms with Gasteiger partial charge in [0.05, 0.1) is 12.7 Å². The standard InChI is InChI=1S/C7H9NO3/c8-3-5-1-2-6(10)7(4-9)11-5/h1-2,5-7,9-10H,4H2/t5-,6-,7-/m1/s1. The van der Waals surface area contributed by atoms with Crippen molar-refractivity contribution in [2.45, 2.75) is 18.3 Å². The molecule has 0 aromatic carbocycles. The maximum Gasteiger partial charge on any atom is 0.162 e. The van der Waals surface area contributed by atoms with Crippen molar-refractivity contribution in [3.8, 4) is 6.07 Å². The van der Waals surface area contributed by atoms with E-state index in [0.29, 0.717) is 0 Å². The van der Waals surface area contributed by atoms with Crippen LogP contribution in [0.25, 0.3) is 0 Å². The summed E-state index contributed by atoms with van der Waals surface area (Å²) in [5.74, 6) is 0. The molecule has 1 heterocycles. The summed E-state index contributed by atoms with van der Waals surface area (Å²) in [6.07, 6.45) is 0.819. The van der Waals surface area contributed by atoms with Crippen LogP contribution in [0.3, 0.4) is 0 Å². The highest BCUT2D eigenvalue weighted by Gasteiger charge is 2.24. The number of aliphatic hydroxyl groups excluding tert-OH is 2. The fourth-order valence-electron chi connectivity index (χ4n) is 0.877. The number of aliphatic hydroxyl groups is 2. The Bertz CT molecular complexity index is 196. The molecule has 0 spiro atoms. The Labute approximate surface area is 64.3 Å². The fourth-order valence-corrected chi connectivity index (χ4v) is 0.877. The van der Waals surface area contributed by atoms with Crippen molar-refractivity contribution < 1.29 is 14.9 Å². The molecule has 4 heteroatoms. The van der Waals surface area contributed by atoms with E-state index >= 15 is 0 Å². The smallest absolute Gasteiger partial charge is 0.162 e. The van der Waals surface area contributed by atoms with Gasteiger partial charge in [-0.3, -0.25) is 0 Å². The Morgan fingerprint density at radius 3 is 2.82 bits per heavy atom. The summed E-state index contributed by atoms with van der Waals surface area (Å²) in [4.78, 5) is 0. The van der Waals surface area contributed by atoms with E-state index in [4.69, 9.17) is 20.2 Å². The summed E-state index contributed by atoms with van der Waals surface area (Å²) in [6, 6.07) is 1.86. The van der Waals surface area contributed by atoms with Crippen molar-refractivity contribution in [3.05, 3.63) is 12.2 Å². The van der Waals surface area contributed by atoms with Crippen LogP contribution >= 0.6 is 0 Å². The second-order valence-electron chi connectivity index (χ2n) is 2.28. The maximum atomic E-state index is 9.10. The van der Waals surface area contributed by atoms with Gasteiger partial charge in [0.25, 0.3) is 0 Å². The Kier molecular flexibility index (Phi) is 2.60. The molecule has 0 amide bonds. The molecule has 0 bridgehead atoms. The summed E-state index contributed by atoms with van der Waals surface area (Å²) in [7, 11) is 0. The lowest BCUT2D eigenvalue weighted by Crippen LogP contribution is -2.37. The van der Waals surface area contributed by atoms with Crippen LogP contribution in [0.1, 0.15) is 0 Å². The van der Waals surface area contributed by atoms with E-state index in [1.165, 1.54) is 12.2 Å². The number of hydrogen-bond acceptors (Lipinski definition) is 4. The zero-order chi connectivity index (χ0) is 8.27. The molecule has 11 heavy (non-hydrogen) atoms. The van der Waals surface area contributed by atoms with E-state index in [9.17, 15) is 0 Å². The predicted octanol–water partition coefficient (Wildman–Crippen LogP) is -0.813. The van der Waals surface area contributed by atoms with Gasteiger partial charge in [0.1, 0.15) is 12.2 Å². The molecule has 1 aliphatic heterocycles. The molecular formula is C7H9NO3. The second kappa shape index (κ2) is 3.49. The van der Waals surface area contributed by atoms with Gasteiger partial charge in [-0.1, -0.05) is 6.08 Å². The average Bonchev–Trinajstić information content (AvgIpc) is 2.05. The van der Waals surface area contributed by atoms with Crippen LogP contribution in [0, 0.1) is 11.3 Å². The number of hydrogen-bond donors (Lipinski definition) is 2. The first-order valence-corrected chi connectivity index (χ1v) is 3.30. The maximum absolute atomic E-state index is 9.10. The van der Waals surface area contributed by atoms with Crippen molar-refractivity contribution in [2.75, 3.05) is 6.61 Å². The molecule has 0 radical (unpaired) electrons. The second-order valence-corrected chi connectivity index (χ2v) is 2.28. The van der Waals surface area contributed by atoms with E-state index < -0.39 is 18.3 Å². The minimum absolute atomic E-state index is 0.274. The minimum atomic E-state index is -0.801. The first kappa shape index (κ1) is 8.21. The SMILES string of the molecule is N#C[C@H]1C=C[C@@H](O)[C@@H](CO)O1. The van der Waals surface area contributed by atoms with Crippen LogP contribution in [-0.2, 0) is 4.74 Å². The molecular weight excluding hydrogens is 146 g/mol. The lowest BCUT2D eigenvalue weighted by Gasteiger charge is -2.24. The molecule has 2 N–H and O–H groups in total. The highest BCUT2D eigenvalue weighted by molar-refractivity contribution is 5.09. The lowest BCUT2D eigenvalue weighted by atomic mass is 10.1. The molecule has 1 rings (SSSR count). The van der Waals surface area contributed by atoms with Crippen LogP contribution in [0.5, 0.6) is 0 Å². The topological polar surface area (TPSA) is 73.5 Å². The number of nitrogens with zero attached hydrogens (tertiary/aromatic N) is 1. The summed E-state index contributed by atoms with van der Waals surface area (Å²) in [5, 5.41) is 26.1. The summed E-state index contributed by atoms with van der Waals surface area (Å²) < 4.78 is 4.95. The van der Waals surface area contributed by atoms with Gasteiger partial charge in [0.15, 0.2) is 6.10 Å². The molecule has 0 aromatic heterocycles. The fraction of sp³-hybridized carbons (Fsp3) is 0.571. The molecule has 1 aliphatic rings. The Morgan fingerprint density at radius 2 is 2.27 bits per heavy atom. The van der Waals surface area contributed by atoms with Crippen LogP contribution in [0.2, 0.25) is 0 Å². The predicted molar refractivity (Wildman–Crippen MR) is 36.5 cm³/mol. The van der Waals surface area contributed by atoms with Gasteiger partial charge in [-0.05, 0) is 6.08 Å². The third kappa shape index (κ3) is 1.77. The quantitative estimate of drug-likeness (QED) is 0.485. The largest absolute Gasteiger partial charge is 0.394 e. The van der Waals surface area contributed by atoms with Gasteiger partial charge < -0.3 is 14.9 Å². The van der Waals surface area contributed by atoms with E-state index in [2.05, 4.69) is 0 Å². The highest BCUT2D eigenvalue weighted by Crippen LogP contribution is 2.11. The molecule has 0 fully saturated rings. The lowest BCUT2D eigenvalue weighted by molar-refractivity contribution is -0.0634. The average molecular weight is 155 g/mol. The summed E-state index contributed by atoms with van der Waals surface area (Å²) in [5.41, 5.74) is 0. The van der Waals surface area contributed by atoms with E-state index in [1.54, 1.807) is 0 Å². The monoisotopic (exact) mass is 155 g/mol. The molecule has 4 nitrogen and oxygen atoms in total. The minimum Gasteiger partial charge on any atom is -0.394 e. The van der Waals surface area contributed by atoms with Crippen LogP contribution in [-0.4, -0.2) is 35.1 Å². The van der Waals surface area contributed by atoms with E-state index in [-0.39, 0.29) is 6.61 Å². The van der Waals surface area contributed by atoms with Gasteiger partial charge in [0, 0.05) is 0 Å². The highest BCUT2D eigenvalue weighted by atomic mass is 16.5. The third-order valence-electron chi connectivity index (χ3n) is 1.49. The summed E-state index contributed by atoms with van der Waals surface area (Å²) >= 11 is 0. The normalized spacial score (nSPS) is 36.6. The molecule has 60 valence electrons. The van der Waals surface area contributed by atoms with Gasteiger partial charge >= 0.3 is 0 Å². The van der Waals surface area contributed by atoms with Crippen molar-refractivity contribution in [1.29, 1.82) is 5.26 Å². The number of nitriles is 1. The van der Waals surface area contributed by atoms with Gasteiger partial charge in [-0.25, -0.2) is 0 Å². The zero-order valence-electron chi connectivity index (χ0n) is 5.84. The van der Waals surface area contributed by atoms with E-state index in [0.717, 1.165) is 0 Å². The molecule has 0 aliphatic carbocycles. The van der Waals surface area contributed by atoms with Crippen LogP contribution in [0.4, 0.5) is 0 Å². The van der Waals surface area contributed by atoms with Gasteiger partial charge in [-0.2, -0.15) is 5.26 Å². The van der Waals surface area contributed by atoms with E-state index in [1.807, 2.05) is 6.07 Å². The van der Waals surface area contributed by atoms with Crippen LogP contribution in [0.15, 0.2) is 12.2 Å². The van der Waals surface area contributed by atoms with Crippen molar-refractivity contribution in [2.24, 2.45) is 0 Å². The zero-order valence-corrected chi connectivity index (χ0v) is 5.84. The first-order chi connectivity index (χ1) is 5.27. The molecule has 0 unspecified atom stereocenters. The summed E-state index contributed by atoms with van der Waals surface area (Å²) in [6.45, 7) is -0.274. The van der Waals surface area contributed by atoms with Gasteiger partial charge in [0.2, 0.25) is 0 Å². The van der Waals surface area contributed by atoms with Crippen LogP contribution < -0.4 is 0 Å². The van der Waals surface area contributed by atoms with Crippen molar-refractivity contribution >= 4 is 0 Å². The van der Waals surface area contributed by atoms with Crippen molar-refractivity contribution in [1.82, 2.24) is 0 Å². The first-order valence-electron chi connectivity index (χ1n) is 3.30. The Balaban J connectivity index is 2.61.